The highest BCUT2D eigenvalue weighted by atomic mass is 35.5. The molecule has 0 aromatic heterocycles. The molecule has 0 spiro atoms. The van der Waals surface area contributed by atoms with E-state index >= 15 is 0 Å². The summed E-state index contributed by atoms with van der Waals surface area (Å²) in [5, 5.41) is 6.04. The van der Waals surface area contributed by atoms with E-state index in [9.17, 15) is 9.59 Å². The Morgan fingerprint density at radius 2 is 2.05 bits per heavy atom. The van der Waals surface area contributed by atoms with Crippen molar-refractivity contribution in [3.05, 3.63) is 34.9 Å². The Morgan fingerprint density at radius 3 is 2.68 bits per heavy atom. The van der Waals surface area contributed by atoms with Crippen LogP contribution in [0.4, 0.5) is 0 Å². The summed E-state index contributed by atoms with van der Waals surface area (Å²) in [6.07, 6.45) is 4.51. The molecule has 6 heteroatoms. The fourth-order valence-corrected chi connectivity index (χ4v) is 2.59. The van der Waals surface area contributed by atoms with Gasteiger partial charge in [-0.3, -0.25) is 9.59 Å². The molecule has 0 radical (unpaired) electrons. The number of hydrogen-bond acceptors (Lipinski definition) is 3. The average molecular weight is 343 g/mol. The van der Waals surface area contributed by atoms with Crippen LogP contribution in [-0.4, -0.2) is 36.4 Å². The van der Waals surface area contributed by atoms with Gasteiger partial charge in [-0.25, -0.2) is 0 Å². The van der Waals surface area contributed by atoms with Gasteiger partial charge in [0.1, 0.15) is 6.04 Å². The minimum atomic E-state index is -0.534. The molecule has 0 saturated heterocycles. The van der Waals surface area contributed by atoms with Gasteiger partial charge < -0.3 is 10.6 Å². The standard InChI is InChI=1S/C16H23ClN2O2S/c1-3-4-10-18-16(21)14(9-11-22-2)19-15(20)12-7-5-6-8-13(12)17/h5-8,14H,3-4,9-11H2,1-2H3,(H,18,21)(H,19,20)/t14-/m0/s1. The molecule has 1 aromatic carbocycles. The lowest BCUT2D eigenvalue weighted by Crippen LogP contribution is -2.47. The van der Waals surface area contributed by atoms with Crippen molar-refractivity contribution >= 4 is 35.2 Å². The van der Waals surface area contributed by atoms with Gasteiger partial charge in [0.2, 0.25) is 5.91 Å². The number of unbranched alkanes of at least 4 members (excludes halogenated alkanes) is 1. The fourth-order valence-electron chi connectivity index (χ4n) is 1.90. The van der Waals surface area contributed by atoms with E-state index < -0.39 is 6.04 Å². The van der Waals surface area contributed by atoms with E-state index in [-0.39, 0.29) is 11.8 Å². The zero-order valence-corrected chi connectivity index (χ0v) is 14.6. The molecule has 0 aliphatic carbocycles. The molecule has 0 bridgehead atoms. The molecule has 22 heavy (non-hydrogen) atoms. The van der Waals surface area contributed by atoms with E-state index in [0.717, 1.165) is 18.6 Å². The van der Waals surface area contributed by atoms with Gasteiger partial charge in [-0.2, -0.15) is 11.8 Å². The van der Waals surface area contributed by atoms with Crippen LogP contribution in [0, 0.1) is 0 Å². The molecule has 122 valence electrons. The topological polar surface area (TPSA) is 58.2 Å². The lowest BCUT2D eigenvalue weighted by Gasteiger charge is -2.18. The molecule has 0 heterocycles. The maximum absolute atomic E-state index is 12.3. The number of carbonyl (C=O) groups is 2. The summed E-state index contributed by atoms with van der Waals surface area (Å²) in [6, 6.07) is 6.29. The highest BCUT2D eigenvalue weighted by Crippen LogP contribution is 2.15. The first-order valence-electron chi connectivity index (χ1n) is 7.42. The highest BCUT2D eigenvalue weighted by molar-refractivity contribution is 7.98. The Hall–Kier alpha value is -1.20. The van der Waals surface area contributed by atoms with Crippen molar-refractivity contribution in [3.8, 4) is 0 Å². The molecule has 0 saturated carbocycles. The SMILES string of the molecule is CCCCNC(=O)[C@H](CCSC)NC(=O)c1ccccc1Cl. The lowest BCUT2D eigenvalue weighted by atomic mass is 10.1. The molecule has 0 aliphatic rings. The van der Waals surface area contributed by atoms with Gasteiger partial charge in [0.15, 0.2) is 0 Å². The third kappa shape index (κ3) is 6.28. The number of carbonyl (C=O) groups excluding carboxylic acids is 2. The van der Waals surface area contributed by atoms with Gasteiger partial charge in [-0.05, 0) is 37.0 Å². The van der Waals surface area contributed by atoms with Gasteiger partial charge in [0, 0.05) is 6.54 Å². The number of benzene rings is 1. The van der Waals surface area contributed by atoms with Gasteiger partial charge in [0.05, 0.1) is 10.6 Å². The maximum atomic E-state index is 12.3. The van der Waals surface area contributed by atoms with Crippen molar-refractivity contribution in [2.45, 2.75) is 32.2 Å². The highest BCUT2D eigenvalue weighted by Gasteiger charge is 2.21. The van der Waals surface area contributed by atoms with E-state index in [4.69, 9.17) is 11.6 Å². The van der Waals surface area contributed by atoms with Crippen LogP contribution in [0.1, 0.15) is 36.5 Å². The Morgan fingerprint density at radius 1 is 1.32 bits per heavy atom. The zero-order chi connectivity index (χ0) is 16.4. The Kier molecular flexibility index (Phi) is 9.01. The lowest BCUT2D eigenvalue weighted by molar-refractivity contribution is -0.123. The van der Waals surface area contributed by atoms with Crippen molar-refractivity contribution in [1.29, 1.82) is 0 Å². The van der Waals surface area contributed by atoms with Crippen LogP contribution in [0.2, 0.25) is 5.02 Å². The number of hydrogen-bond donors (Lipinski definition) is 2. The largest absolute Gasteiger partial charge is 0.354 e. The average Bonchev–Trinajstić information content (AvgIpc) is 2.51. The van der Waals surface area contributed by atoms with E-state index in [1.165, 1.54) is 0 Å². The summed E-state index contributed by atoms with van der Waals surface area (Å²) in [5.74, 6) is 0.347. The molecule has 2 N–H and O–H groups in total. The van der Waals surface area contributed by atoms with Crippen LogP contribution >= 0.6 is 23.4 Å². The molecule has 4 nitrogen and oxygen atoms in total. The second-order valence-electron chi connectivity index (χ2n) is 4.93. The Bertz CT molecular complexity index is 497. The van der Waals surface area contributed by atoms with Gasteiger partial charge in [-0.1, -0.05) is 37.1 Å². The third-order valence-electron chi connectivity index (χ3n) is 3.18. The summed E-state index contributed by atoms with van der Waals surface area (Å²) >= 11 is 7.67. The monoisotopic (exact) mass is 342 g/mol. The van der Waals surface area contributed by atoms with Gasteiger partial charge >= 0.3 is 0 Å². The van der Waals surface area contributed by atoms with E-state index in [2.05, 4.69) is 17.6 Å². The fraction of sp³-hybridized carbons (Fsp3) is 0.500. The molecule has 1 rings (SSSR count). The quantitative estimate of drug-likeness (QED) is 0.678. The van der Waals surface area contributed by atoms with E-state index in [1.54, 1.807) is 36.0 Å². The van der Waals surface area contributed by atoms with Gasteiger partial charge in [-0.15, -0.1) is 0 Å². The zero-order valence-electron chi connectivity index (χ0n) is 13.0. The molecule has 0 unspecified atom stereocenters. The molecule has 0 aliphatic heterocycles. The van der Waals surface area contributed by atoms with Crippen molar-refractivity contribution < 1.29 is 9.59 Å². The smallest absolute Gasteiger partial charge is 0.253 e. The first kappa shape index (κ1) is 18.8. The number of nitrogens with one attached hydrogen (secondary N) is 2. The van der Waals surface area contributed by atoms with Crippen molar-refractivity contribution in [1.82, 2.24) is 10.6 Å². The summed E-state index contributed by atoms with van der Waals surface area (Å²) in [7, 11) is 0. The predicted molar refractivity (Wildman–Crippen MR) is 93.6 cm³/mol. The molecule has 0 fully saturated rings. The van der Waals surface area contributed by atoms with Crippen molar-refractivity contribution in [2.75, 3.05) is 18.6 Å². The second-order valence-corrected chi connectivity index (χ2v) is 6.32. The minimum absolute atomic E-state index is 0.136. The van der Waals surface area contributed by atoms with Crippen LogP contribution in [0.15, 0.2) is 24.3 Å². The summed E-state index contributed by atoms with van der Waals surface area (Å²) in [6.45, 7) is 2.70. The summed E-state index contributed by atoms with van der Waals surface area (Å²) in [4.78, 5) is 24.5. The van der Waals surface area contributed by atoms with Crippen molar-refractivity contribution in [2.24, 2.45) is 0 Å². The molecular weight excluding hydrogens is 320 g/mol. The normalized spacial score (nSPS) is 11.8. The summed E-state index contributed by atoms with van der Waals surface area (Å²) < 4.78 is 0. The summed E-state index contributed by atoms with van der Waals surface area (Å²) in [5.41, 5.74) is 0.389. The number of amides is 2. The predicted octanol–water partition coefficient (Wildman–Crippen LogP) is 3.11. The van der Waals surface area contributed by atoms with Crippen LogP contribution < -0.4 is 10.6 Å². The minimum Gasteiger partial charge on any atom is -0.354 e. The van der Waals surface area contributed by atoms with Crippen LogP contribution in [-0.2, 0) is 4.79 Å². The van der Waals surface area contributed by atoms with Gasteiger partial charge in [0.25, 0.3) is 5.91 Å². The number of halogens is 1. The van der Waals surface area contributed by atoms with E-state index in [0.29, 0.717) is 23.6 Å². The molecule has 1 aromatic rings. The van der Waals surface area contributed by atoms with E-state index in [1.807, 2.05) is 6.26 Å². The number of thioether (sulfide) groups is 1. The Balaban J connectivity index is 2.69. The second kappa shape index (κ2) is 10.5. The molecule has 1 atom stereocenters. The first-order valence-corrected chi connectivity index (χ1v) is 9.19. The molecule has 2 amide bonds. The van der Waals surface area contributed by atoms with Crippen LogP contribution in [0.5, 0.6) is 0 Å². The van der Waals surface area contributed by atoms with Crippen LogP contribution in [0.25, 0.3) is 0 Å². The Labute approximate surface area is 141 Å². The molecular formula is C16H23ClN2O2S. The van der Waals surface area contributed by atoms with Crippen LogP contribution in [0.3, 0.4) is 0 Å². The maximum Gasteiger partial charge on any atom is 0.253 e. The third-order valence-corrected chi connectivity index (χ3v) is 4.15. The number of rotatable bonds is 9. The van der Waals surface area contributed by atoms with Crippen molar-refractivity contribution in [3.63, 3.8) is 0 Å². The first-order chi connectivity index (χ1) is 10.6.